The molecule has 0 aliphatic heterocycles. The van der Waals surface area contributed by atoms with Crippen LogP contribution in [-0.4, -0.2) is 11.9 Å². The van der Waals surface area contributed by atoms with Gasteiger partial charge in [-0.25, -0.2) is 9.59 Å². The SMILES string of the molecule is C=C(C)C(=O)Oc1ccc(N(c2ccccc2)c2ccc(OC(=O)C(=C)C)cc2)cc1. The molecule has 0 saturated heterocycles. The summed E-state index contributed by atoms with van der Waals surface area (Å²) in [4.78, 5) is 25.5. The molecule has 0 aromatic heterocycles. The Kier molecular flexibility index (Phi) is 6.67. The Hall–Kier alpha value is -4.12. The zero-order chi connectivity index (χ0) is 22.4. The summed E-state index contributed by atoms with van der Waals surface area (Å²) in [6.45, 7) is 10.4. The molecule has 0 N–H and O–H groups in total. The van der Waals surface area contributed by atoms with Gasteiger partial charge in [0, 0.05) is 28.2 Å². The van der Waals surface area contributed by atoms with Gasteiger partial charge in [-0.1, -0.05) is 31.4 Å². The van der Waals surface area contributed by atoms with Crippen molar-refractivity contribution in [2.45, 2.75) is 13.8 Å². The van der Waals surface area contributed by atoms with Gasteiger partial charge in [0.2, 0.25) is 0 Å². The fourth-order valence-electron chi connectivity index (χ4n) is 2.74. The number of hydrogen-bond donors (Lipinski definition) is 0. The Morgan fingerprint density at radius 1 is 0.613 bits per heavy atom. The van der Waals surface area contributed by atoms with Crippen molar-refractivity contribution < 1.29 is 19.1 Å². The van der Waals surface area contributed by atoms with Crippen LogP contribution in [0.2, 0.25) is 0 Å². The maximum absolute atomic E-state index is 11.8. The first-order valence-corrected chi connectivity index (χ1v) is 9.66. The van der Waals surface area contributed by atoms with Crippen molar-refractivity contribution in [1.82, 2.24) is 0 Å². The van der Waals surface area contributed by atoms with Crippen molar-refractivity contribution in [3.05, 3.63) is 103 Å². The zero-order valence-electron chi connectivity index (χ0n) is 17.5. The Balaban J connectivity index is 1.91. The van der Waals surface area contributed by atoms with Gasteiger partial charge in [0.05, 0.1) is 0 Å². The second-order valence-electron chi connectivity index (χ2n) is 7.00. The number of carbonyl (C=O) groups excluding carboxylic acids is 2. The molecule has 0 saturated carbocycles. The third kappa shape index (κ3) is 5.48. The van der Waals surface area contributed by atoms with E-state index in [1.54, 1.807) is 38.1 Å². The van der Waals surface area contributed by atoms with Crippen LogP contribution in [0.15, 0.2) is 103 Å². The quantitative estimate of drug-likeness (QED) is 0.265. The molecule has 31 heavy (non-hydrogen) atoms. The molecule has 0 amide bonds. The van der Waals surface area contributed by atoms with Gasteiger partial charge in [-0.15, -0.1) is 0 Å². The number of para-hydroxylation sites is 1. The topological polar surface area (TPSA) is 55.8 Å². The third-order valence-electron chi connectivity index (χ3n) is 4.32. The maximum Gasteiger partial charge on any atom is 0.338 e. The number of anilines is 3. The zero-order valence-corrected chi connectivity index (χ0v) is 17.5. The molecule has 0 aliphatic rings. The van der Waals surface area contributed by atoms with Gasteiger partial charge >= 0.3 is 11.9 Å². The van der Waals surface area contributed by atoms with Gasteiger partial charge in [-0.05, 0) is 74.5 Å². The van der Waals surface area contributed by atoms with E-state index in [-0.39, 0.29) is 0 Å². The summed E-state index contributed by atoms with van der Waals surface area (Å²) in [5.74, 6) is -0.0567. The van der Waals surface area contributed by atoms with Crippen molar-refractivity contribution in [3.8, 4) is 11.5 Å². The molecule has 5 heteroatoms. The van der Waals surface area contributed by atoms with Gasteiger partial charge in [-0.3, -0.25) is 0 Å². The van der Waals surface area contributed by atoms with Crippen LogP contribution in [0.3, 0.4) is 0 Å². The highest BCUT2D eigenvalue weighted by Crippen LogP contribution is 2.36. The number of carbonyl (C=O) groups is 2. The summed E-state index contributed by atoms with van der Waals surface area (Å²) in [6.07, 6.45) is 0. The molecule has 3 aromatic rings. The molecule has 0 fully saturated rings. The molecular weight excluding hydrogens is 390 g/mol. The predicted molar refractivity (Wildman–Crippen MR) is 122 cm³/mol. The van der Waals surface area contributed by atoms with Crippen LogP contribution >= 0.6 is 0 Å². The van der Waals surface area contributed by atoms with E-state index in [1.165, 1.54) is 0 Å². The lowest BCUT2D eigenvalue weighted by molar-refractivity contribution is -0.130. The molecule has 0 unspecified atom stereocenters. The number of ether oxygens (including phenoxy) is 2. The van der Waals surface area contributed by atoms with Gasteiger partial charge in [0.25, 0.3) is 0 Å². The fraction of sp³-hybridized carbons (Fsp3) is 0.0769. The maximum atomic E-state index is 11.8. The smallest absolute Gasteiger partial charge is 0.338 e. The van der Waals surface area contributed by atoms with E-state index in [0.29, 0.717) is 22.6 Å². The largest absolute Gasteiger partial charge is 0.423 e. The van der Waals surface area contributed by atoms with E-state index in [0.717, 1.165) is 17.1 Å². The molecule has 0 aliphatic carbocycles. The summed E-state index contributed by atoms with van der Waals surface area (Å²) in [6, 6.07) is 24.2. The average Bonchev–Trinajstić information content (AvgIpc) is 2.77. The minimum absolute atomic E-state index is 0.336. The minimum Gasteiger partial charge on any atom is -0.423 e. The van der Waals surface area contributed by atoms with Crippen molar-refractivity contribution in [2.24, 2.45) is 0 Å². The van der Waals surface area contributed by atoms with E-state index in [1.807, 2.05) is 59.5 Å². The van der Waals surface area contributed by atoms with Crippen molar-refractivity contribution >= 4 is 29.0 Å². The highest BCUT2D eigenvalue weighted by Gasteiger charge is 2.14. The molecule has 3 aromatic carbocycles. The Morgan fingerprint density at radius 2 is 0.968 bits per heavy atom. The van der Waals surface area contributed by atoms with Crippen LogP contribution in [-0.2, 0) is 9.59 Å². The number of hydrogen-bond acceptors (Lipinski definition) is 5. The predicted octanol–water partition coefficient (Wildman–Crippen LogP) is 6.12. The standard InChI is InChI=1S/C26H23NO4/c1-18(2)25(28)30-23-14-10-21(11-15-23)27(20-8-6-5-7-9-20)22-12-16-24(17-13-22)31-26(29)19(3)4/h5-17H,1,3H2,2,4H3. The second-order valence-corrected chi connectivity index (χ2v) is 7.00. The summed E-state index contributed by atoms with van der Waals surface area (Å²) in [7, 11) is 0. The Labute approximate surface area is 181 Å². The lowest BCUT2D eigenvalue weighted by Crippen LogP contribution is -2.11. The van der Waals surface area contributed by atoms with E-state index >= 15 is 0 Å². The first-order chi connectivity index (χ1) is 14.8. The van der Waals surface area contributed by atoms with E-state index < -0.39 is 11.9 Å². The van der Waals surface area contributed by atoms with Gasteiger partial charge in [-0.2, -0.15) is 0 Å². The second kappa shape index (κ2) is 9.59. The van der Waals surface area contributed by atoms with Gasteiger partial charge in [0.1, 0.15) is 11.5 Å². The summed E-state index contributed by atoms with van der Waals surface area (Å²) < 4.78 is 10.6. The van der Waals surface area contributed by atoms with Crippen LogP contribution in [0.25, 0.3) is 0 Å². The van der Waals surface area contributed by atoms with Crippen molar-refractivity contribution in [3.63, 3.8) is 0 Å². The van der Waals surface area contributed by atoms with Crippen molar-refractivity contribution in [1.29, 1.82) is 0 Å². The first kappa shape index (κ1) is 21.6. The number of benzene rings is 3. The molecule has 3 rings (SSSR count). The van der Waals surface area contributed by atoms with Crippen LogP contribution in [0.1, 0.15) is 13.8 Å². The van der Waals surface area contributed by atoms with E-state index in [9.17, 15) is 9.59 Å². The molecule has 0 bridgehead atoms. The van der Waals surface area contributed by atoms with E-state index in [2.05, 4.69) is 13.2 Å². The Morgan fingerprint density at radius 3 is 1.32 bits per heavy atom. The molecule has 156 valence electrons. The number of rotatable bonds is 7. The molecule has 5 nitrogen and oxygen atoms in total. The number of nitrogens with zero attached hydrogens (tertiary/aromatic N) is 1. The van der Waals surface area contributed by atoms with Crippen LogP contribution < -0.4 is 14.4 Å². The lowest BCUT2D eigenvalue weighted by Gasteiger charge is -2.25. The normalized spacial score (nSPS) is 10.1. The third-order valence-corrected chi connectivity index (χ3v) is 4.32. The van der Waals surface area contributed by atoms with Crippen LogP contribution in [0.4, 0.5) is 17.1 Å². The molecule has 0 radical (unpaired) electrons. The first-order valence-electron chi connectivity index (χ1n) is 9.66. The van der Waals surface area contributed by atoms with Gasteiger partial charge < -0.3 is 14.4 Å². The molecule has 0 heterocycles. The van der Waals surface area contributed by atoms with Crippen LogP contribution in [0, 0.1) is 0 Å². The Bertz CT molecular complexity index is 1030. The number of esters is 2. The summed E-state index contributed by atoms with van der Waals surface area (Å²) in [5, 5.41) is 0. The van der Waals surface area contributed by atoms with Crippen molar-refractivity contribution in [2.75, 3.05) is 4.90 Å². The van der Waals surface area contributed by atoms with Gasteiger partial charge in [0.15, 0.2) is 0 Å². The monoisotopic (exact) mass is 413 g/mol. The highest BCUT2D eigenvalue weighted by molar-refractivity contribution is 5.89. The summed E-state index contributed by atoms with van der Waals surface area (Å²) in [5.41, 5.74) is 3.35. The fourth-order valence-corrected chi connectivity index (χ4v) is 2.74. The summed E-state index contributed by atoms with van der Waals surface area (Å²) >= 11 is 0. The molecule has 0 spiro atoms. The highest BCUT2D eigenvalue weighted by atomic mass is 16.5. The minimum atomic E-state index is -0.465. The lowest BCUT2D eigenvalue weighted by atomic mass is 10.2. The molecular formula is C26H23NO4. The average molecular weight is 413 g/mol. The van der Waals surface area contributed by atoms with Crippen LogP contribution in [0.5, 0.6) is 11.5 Å². The van der Waals surface area contributed by atoms with E-state index in [4.69, 9.17) is 9.47 Å². The molecule has 0 atom stereocenters.